The first kappa shape index (κ1) is 13.9. The molecule has 0 atom stereocenters. The second-order valence-electron chi connectivity index (χ2n) is 3.73. The predicted molar refractivity (Wildman–Crippen MR) is 70.7 cm³/mol. The van der Waals surface area contributed by atoms with Crippen molar-refractivity contribution in [1.82, 2.24) is 20.2 Å². The van der Waals surface area contributed by atoms with E-state index in [1.165, 1.54) is 11.9 Å². The van der Waals surface area contributed by atoms with Gasteiger partial charge in [0.1, 0.15) is 0 Å². The van der Waals surface area contributed by atoms with Gasteiger partial charge in [0.05, 0.1) is 19.2 Å². The van der Waals surface area contributed by atoms with E-state index in [-0.39, 0.29) is 6.61 Å². The van der Waals surface area contributed by atoms with E-state index < -0.39 is 0 Å². The fourth-order valence-electron chi connectivity index (χ4n) is 1.51. The molecule has 8 heteroatoms. The molecule has 0 unspecified atom stereocenters. The molecule has 2 rings (SSSR count). The Bertz CT molecular complexity index is 574. The van der Waals surface area contributed by atoms with Gasteiger partial charge in [-0.3, -0.25) is 0 Å². The Morgan fingerprint density at radius 2 is 2.16 bits per heavy atom. The number of halogens is 2. The van der Waals surface area contributed by atoms with Gasteiger partial charge in [0.25, 0.3) is 0 Å². The van der Waals surface area contributed by atoms with Crippen LogP contribution in [0.15, 0.2) is 12.1 Å². The maximum Gasteiger partial charge on any atom is 0.212 e. The van der Waals surface area contributed by atoms with Gasteiger partial charge in [-0.1, -0.05) is 11.6 Å². The number of hydrogen-bond donors (Lipinski definition) is 0. The Hall–Kier alpha value is -1.53. The molecule has 0 aliphatic heterocycles. The Balaban J connectivity index is 2.19. The summed E-state index contributed by atoms with van der Waals surface area (Å²) in [5.41, 5.74) is 0.855. The minimum atomic E-state index is 0.157. The van der Waals surface area contributed by atoms with Crippen LogP contribution in [-0.4, -0.2) is 27.3 Å². The fourth-order valence-corrected chi connectivity index (χ4v) is 1.95. The molecule has 1 aromatic heterocycles. The fraction of sp³-hybridized carbons (Fsp3) is 0.364. The number of rotatable bonds is 5. The first-order valence-electron chi connectivity index (χ1n) is 5.42. The molecule has 0 fully saturated rings. The van der Waals surface area contributed by atoms with Crippen molar-refractivity contribution in [3.05, 3.63) is 28.5 Å². The lowest BCUT2D eigenvalue weighted by Crippen LogP contribution is -2.01. The van der Waals surface area contributed by atoms with Gasteiger partial charge in [-0.2, -0.15) is 4.80 Å². The van der Waals surface area contributed by atoms with Gasteiger partial charge in [-0.25, -0.2) is 0 Å². The van der Waals surface area contributed by atoms with Crippen molar-refractivity contribution in [2.75, 3.05) is 7.11 Å². The summed E-state index contributed by atoms with van der Waals surface area (Å²) in [6.07, 6.45) is 0. The molecule has 0 bridgehead atoms. The molecule has 0 radical (unpaired) electrons. The Morgan fingerprint density at radius 1 is 1.37 bits per heavy atom. The number of benzene rings is 1. The third-order valence-electron chi connectivity index (χ3n) is 2.34. The van der Waals surface area contributed by atoms with Crippen LogP contribution in [0.5, 0.6) is 11.5 Å². The summed E-state index contributed by atoms with van der Waals surface area (Å²) in [6.45, 7) is 0.157. The minimum Gasteiger partial charge on any atom is -0.493 e. The number of alkyl halides is 1. The summed E-state index contributed by atoms with van der Waals surface area (Å²) in [5.74, 6) is 1.77. The number of ether oxygens (including phenoxy) is 2. The van der Waals surface area contributed by atoms with Gasteiger partial charge in [0, 0.05) is 5.88 Å². The number of hydrogen-bond acceptors (Lipinski definition) is 5. The van der Waals surface area contributed by atoms with E-state index in [4.69, 9.17) is 32.7 Å². The second kappa shape index (κ2) is 6.08. The van der Waals surface area contributed by atoms with Crippen molar-refractivity contribution in [2.45, 2.75) is 12.5 Å². The Morgan fingerprint density at radius 3 is 2.74 bits per heavy atom. The third-order valence-corrected chi connectivity index (χ3v) is 2.93. The second-order valence-corrected chi connectivity index (χ2v) is 4.40. The molecule has 19 heavy (non-hydrogen) atoms. The molecule has 1 heterocycles. The van der Waals surface area contributed by atoms with Crippen LogP contribution in [0.2, 0.25) is 5.02 Å². The summed E-state index contributed by atoms with van der Waals surface area (Å²) in [4.78, 5) is 1.36. The van der Waals surface area contributed by atoms with Gasteiger partial charge < -0.3 is 9.47 Å². The maximum absolute atomic E-state index is 6.14. The van der Waals surface area contributed by atoms with Crippen molar-refractivity contribution in [2.24, 2.45) is 7.05 Å². The molecule has 2 aromatic rings. The van der Waals surface area contributed by atoms with Crippen LogP contribution in [0.3, 0.4) is 0 Å². The first-order valence-corrected chi connectivity index (χ1v) is 6.33. The molecule has 0 aliphatic carbocycles. The molecular formula is C11H12Cl2N4O2. The van der Waals surface area contributed by atoms with Crippen LogP contribution < -0.4 is 9.47 Å². The van der Waals surface area contributed by atoms with Crippen LogP contribution in [0, 0.1) is 0 Å². The number of aryl methyl sites for hydroxylation is 1. The van der Waals surface area contributed by atoms with E-state index in [0.29, 0.717) is 28.2 Å². The molecule has 0 N–H and O–H groups in total. The van der Waals surface area contributed by atoms with E-state index in [1.807, 2.05) is 0 Å². The van der Waals surface area contributed by atoms with Crippen molar-refractivity contribution in [3.63, 3.8) is 0 Å². The van der Waals surface area contributed by atoms with Gasteiger partial charge >= 0.3 is 0 Å². The first-order chi connectivity index (χ1) is 9.13. The minimum absolute atomic E-state index is 0.157. The van der Waals surface area contributed by atoms with E-state index in [0.717, 1.165) is 5.56 Å². The highest BCUT2D eigenvalue weighted by Gasteiger charge is 2.13. The Kier molecular flexibility index (Phi) is 4.44. The average Bonchev–Trinajstić information content (AvgIpc) is 2.82. The summed E-state index contributed by atoms with van der Waals surface area (Å²) in [5, 5.41) is 12.0. The van der Waals surface area contributed by atoms with Gasteiger partial charge in [0.15, 0.2) is 18.1 Å². The zero-order valence-corrected chi connectivity index (χ0v) is 11.9. The molecule has 1 aromatic carbocycles. The van der Waals surface area contributed by atoms with Gasteiger partial charge in [-0.15, -0.1) is 21.8 Å². The zero-order chi connectivity index (χ0) is 13.8. The maximum atomic E-state index is 6.14. The molecule has 102 valence electrons. The van der Waals surface area contributed by atoms with Crippen molar-refractivity contribution < 1.29 is 9.47 Å². The van der Waals surface area contributed by atoms with Crippen molar-refractivity contribution in [1.29, 1.82) is 0 Å². The molecule has 6 nitrogen and oxygen atoms in total. The summed E-state index contributed by atoms with van der Waals surface area (Å²) >= 11 is 11.9. The lowest BCUT2D eigenvalue weighted by atomic mass is 10.2. The standard InChI is InChI=1S/C11H12Cl2N4O2/c1-17-15-10(14-16-17)6-19-11-8(13)3-7(5-12)4-9(11)18-2/h3-4H,5-6H2,1-2H3. The van der Waals surface area contributed by atoms with Gasteiger partial charge in [0.2, 0.25) is 5.82 Å². The number of nitrogens with zero attached hydrogens (tertiary/aromatic N) is 4. The van der Waals surface area contributed by atoms with Crippen LogP contribution in [0.25, 0.3) is 0 Å². The van der Waals surface area contributed by atoms with Crippen LogP contribution in [0.4, 0.5) is 0 Å². The lowest BCUT2D eigenvalue weighted by molar-refractivity contribution is 0.276. The Labute approximate surface area is 120 Å². The predicted octanol–water partition coefficient (Wildman–Crippen LogP) is 2.19. The highest BCUT2D eigenvalue weighted by Crippen LogP contribution is 2.37. The smallest absolute Gasteiger partial charge is 0.212 e. The molecule has 0 saturated carbocycles. The van der Waals surface area contributed by atoms with E-state index in [9.17, 15) is 0 Å². The number of tetrazole rings is 1. The third kappa shape index (κ3) is 3.27. The monoisotopic (exact) mass is 302 g/mol. The van der Waals surface area contributed by atoms with Crippen LogP contribution >= 0.6 is 23.2 Å². The molecule has 0 saturated heterocycles. The average molecular weight is 303 g/mol. The van der Waals surface area contributed by atoms with Gasteiger partial charge in [-0.05, 0) is 22.9 Å². The SMILES string of the molecule is COc1cc(CCl)cc(Cl)c1OCc1nnn(C)n1. The summed E-state index contributed by atoms with van der Waals surface area (Å²) < 4.78 is 10.8. The summed E-state index contributed by atoms with van der Waals surface area (Å²) in [6, 6.07) is 3.51. The zero-order valence-electron chi connectivity index (χ0n) is 10.4. The highest BCUT2D eigenvalue weighted by atomic mass is 35.5. The highest BCUT2D eigenvalue weighted by molar-refractivity contribution is 6.32. The molecular weight excluding hydrogens is 291 g/mol. The largest absolute Gasteiger partial charge is 0.493 e. The molecule has 0 spiro atoms. The van der Waals surface area contributed by atoms with Crippen molar-refractivity contribution >= 4 is 23.2 Å². The van der Waals surface area contributed by atoms with Crippen LogP contribution in [-0.2, 0) is 19.5 Å². The van der Waals surface area contributed by atoms with E-state index >= 15 is 0 Å². The molecule has 0 aliphatic rings. The van der Waals surface area contributed by atoms with Crippen molar-refractivity contribution in [3.8, 4) is 11.5 Å². The topological polar surface area (TPSA) is 62.1 Å². The number of aromatic nitrogens is 4. The van der Waals surface area contributed by atoms with Crippen LogP contribution in [0.1, 0.15) is 11.4 Å². The van der Waals surface area contributed by atoms with E-state index in [1.54, 1.807) is 19.2 Å². The summed E-state index contributed by atoms with van der Waals surface area (Å²) in [7, 11) is 3.22. The number of methoxy groups -OCH3 is 1. The molecule has 0 amide bonds. The van der Waals surface area contributed by atoms with E-state index in [2.05, 4.69) is 15.4 Å². The lowest BCUT2D eigenvalue weighted by Gasteiger charge is -2.12. The quantitative estimate of drug-likeness (QED) is 0.792. The normalized spacial score (nSPS) is 10.5.